The zero-order valence-electron chi connectivity index (χ0n) is 15.8. The zero-order chi connectivity index (χ0) is 18.9. The Hall–Kier alpha value is -0.803. The highest BCUT2D eigenvalue weighted by atomic mass is 32.1. The molecule has 0 aliphatic carbocycles. The molecule has 8 heteroatoms. The SMILES string of the molecule is COC(=O)c1csc([C@@H](N)[C@](C)(O)[C@@H](C)O[Si](C)(C)C(C)(C)C)n1. The van der Waals surface area contributed by atoms with Crippen LogP contribution in [0.15, 0.2) is 5.38 Å². The maximum atomic E-state index is 11.5. The van der Waals surface area contributed by atoms with Gasteiger partial charge < -0.3 is 20.0 Å². The fourth-order valence-corrected chi connectivity index (χ4v) is 4.26. The van der Waals surface area contributed by atoms with Crippen molar-refractivity contribution in [2.24, 2.45) is 5.73 Å². The van der Waals surface area contributed by atoms with Gasteiger partial charge in [-0.15, -0.1) is 11.3 Å². The van der Waals surface area contributed by atoms with Crippen molar-refractivity contribution in [2.45, 2.75) is 70.5 Å². The number of aromatic nitrogens is 1. The van der Waals surface area contributed by atoms with E-state index in [4.69, 9.17) is 10.2 Å². The van der Waals surface area contributed by atoms with Crippen LogP contribution in [-0.4, -0.2) is 43.2 Å². The molecule has 0 spiro atoms. The largest absolute Gasteiger partial charge is 0.464 e. The average molecular weight is 375 g/mol. The topological polar surface area (TPSA) is 94.7 Å². The lowest BCUT2D eigenvalue weighted by molar-refractivity contribution is -0.0637. The lowest BCUT2D eigenvalue weighted by Crippen LogP contribution is -2.54. The first-order valence-corrected chi connectivity index (χ1v) is 11.7. The molecule has 0 aliphatic rings. The summed E-state index contributed by atoms with van der Waals surface area (Å²) in [6.45, 7) is 14.2. The Labute approximate surface area is 149 Å². The second kappa shape index (κ2) is 7.21. The molecule has 1 rings (SSSR count). The minimum Gasteiger partial charge on any atom is -0.464 e. The summed E-state index contributed by atoms with van der Waals surface area (Å²) in [6, 6.07) is -0.763. The molecule has 0 saturated heterocycles. The van der Waals surface area contributed by atoms with E-state index < -0.39 is 32.0 Å². The zero-order valence-corrected chi connectivity index (χ0v) is 17.7. The van der Waals surface area contributed by atoms with Crippen LogP contribution in [0.5, 0.6) is 0 Å². The predicted octanol–water partition coefficient (Wildman–Crippen LogP) is 3.09. The van der Waals surface area contributed by atoms with E-state index >= 15 is 0 Å². The van der Waals surface area contributed by atoms with Crippen LogP contribution in [0.25, 0.3) is 0 Å². The van der Waals surface area contributed by atoms with Gasteiger partial charge in [0.2, 0.25) is 0 Å². The van der Waals surface area contributed by atoms with Crippen LogP contribution < -0.4 is 5.73 Å². The molecule has 0 saturated carbocycles. The van der Waals surface area contributed by atoms with Crippen molar-refractivity contribution in [3.05, 3.63) is 16.1 Å². The number of carbonyl (C=O) groups is 1. The second-order valence-corrected chi connectivity index (χ2v) is 13.4. The number of rotatable bonds is 6. The summed E-state index contributed by atoms with van der Waals surface area (Å²) in [5, 5.41) is 13.0. The minimum atomic E-state index is -2.05. The summed E-state index contributed by atoms with van der Waals surface area (Å²) in [5.41, 5.74) is 5.12. The maximum Gasteiger partial charge on any atom is 0.357 e. The summed E-state index contributed by atoms with van der Waals surface area (Å²) < 4.78 is 10.9. The lowest BCUT2D eigenvalue weighted by atomic mass is 9.92. The summed E-state index contributed by atoms with van der Waals surface area (Å²) in [5.74, 6) is -0.519. The molecule has 3 atom stereocenters. The smallest absolute Gasteiger partial charge is 0.357 e. The molecule has 1 heterocycles. The molecule has 138 valence electrons. The lowest BCUT2D eigenvalue weighted by Gasteiger charge is -2.43. The van der Waals surface area contributed by atoms with Crippen LogP contribution in [0, 0.1) is 0 Å². The molecule has 0 amide bonds. The van der Waals surface area contributed by atoms with Crippen molar-refractivity contribution in [2.75, 3.05) is 7.11 Å². The van der Waals surface area contributed by atoms with Gasteiger partial charge in [0.05, 0.1) is 19.3 Å². The molecule has 0 bridgehead atoms. The van der Waals surface area contributed by atoms with Gasteiger partial charge in [0.1, 0.15) is 10.6 Å². The maximum absolute atomic E-state index is 11.5. The molecule has 1 aromatic heterocycles. The van der Waals surface area contributed by atoms with E-state index in [0.717, 1.165) is 0 Å². The van der Waals surface area contributed by atoms with Gasteiger partial charge >= 0.3 is 5.97 Å². The van der Waals surface area contributed by atoms with Crippen LogP contribution in [0.3, 0.4) is 0 Å². The van der Waals surface area contributed by atoms with Crippen molar-refractivity contribution in [3.63, 3.8) is 0 Å². The van der Waals surface area contributed by atoms with Crippen LogP contribution in [0.4, 0.5) is 0 Å². The van der Waals surface area contributed by atoms with Gasteiger partial charge in [-0.3, -0.25) is 0 Å². The average Bonchev–Trinajstić information content (AvgIpc) is 2.93. The Morgan fingerprint density at radius 3 is 2.38 bits per heavy atom. The molecular weight excluding hydrogens is 344 g/mol. The van der Waals surface area contributed by atoms with E-state index in [9.17, 15) is 9.90 Å². The number of hydrogen-bond acceptors (Lipinski definition) is 7. The number of nitrogens with zero attached hydrogens (tertiary/aromatic N) is 1. The molecule has 24 heavy (non-hydrogen) atoms. The minimum absolute atomic E-state index is 0.0284. The molecular formula is C16H30N2O4SSi. The van der Waals surface area contributed by atoms with Gasteiger partial charge in [-0.25, -0.2) is 9.78 Å². The first-order valence-electron chi connectivity index (χ1n) is 7.93. The Morgan fingerprint density at radius 1 is 1.38 bits per heavy atom. The second-order valence-electron chi connectivity index (χ2n) is 7.79. The predicted molar refractivity (Wildman–Crippen MR) is 98.7 cm³/mol. The number of thiazole rings is 1. The van der Waals surface area contributed by atoms with Gasteiger partial charge in [-0.1, -0.05) is 20.8 Å². The Kier molecular flexibility index (Phi) is 6.38. The monoisotopic (exact) mass is 374 g/mol. The Bertz CT molecular complexity index is 581. The number of aliphatic hydroxyl groups is 1. The fourth-order valence-electron chi connectivity index (χ4n) is 1.87. The van der Waals surface area contributed by atoms with Crippen LogP contribution >= 0.6 is 11.3 Å². The summed E-state index contributed by atoms with van der Waals surface area (Å²) in [4.78, 5) is 15.7. The van der Waals surface area contributed by atoms with Crippen molar-refractivity contribution in [1.82, 2.24) is 4.98 Å². The Balaban J connectivity index is 2.97. The van der Waals surface area contributed by atoms with Gasteiger partial charge in [0, 0.05) is 5.38 Å². The summed E-state index contributed by atoms with van der Waals surface area (Å²) in [6.07, 6.45) is -0.473. The van der Waals surface area contributed by atoms with E-state index in [-0.39, 0.29) is 10.7 Å². The summed E-state index contributed by atoms with van der Waals surface area (Å²) >= 11 is 1.23. The van der Waals surface area contributed by atoms with E-state index in [0.29, 0.717) is 5.01 Å². The van der Waals surface area contributed by atoms with Gasteiger partial charge in [0.15, 0.2) is 14.0 Å². The van der Waals surface area contributed by atoms with Crippen LogP contribution in [0.2, 0.25) is 18.1 Å². The molecule has 0 radical (unpaired) electrons. The van der Waals surface area contributed by atoms with Gasteiger partial charge in [-0.05, 0) is 32.0 Å². The number of nitrogens with two attached hydrogens (primary N) is 1. The van der Waals surface area contributed by atoms with Crippen molar-refractivity contribution in [1.29, 1.82) is 0 Å². The normalized spacial score (nSPS) is 17.9. The molecule has 0 aliphatic heterocycles. The van der Waals surface area contributed by atoms with Crippen molar-refractivity contribution in [3.8, 4) is 0 Å². The highest BCUT2D eigenvalue weighted by Gasteiger charge is 2.45. The number of esters is 1. The third-order valence-corrected chi connectivity index (χ3v) is 10.4. The van der Waals surface area contributed by atoms with Crippen molar-refractivity contribution < 1.29 is 19.1 Å². The molecule has 0 aromatic carbocycles. The van der Waals surface area contributed by atoms with Crippen LogP contribution in [-0.2, 0) is 9.16 Å². The third-order valence-electron chi connectivity index (χ3n) is 4.91. The van der Waals surface area contributed by atoms with E-state index in [2.05, 4.69) is 43.6 Å². The molecule has 6 nitrogen and oxygen atoms in total. The first-order chi connectivity index (χ1) is 10.7. The quantitative estimate of drug-likeness (QED) is 0.587. The third kappa shape index (κ3) is 4.43. The fraction of sp³-hybridized carbons (Fsp3) is 0.750. The molecule has 0 unspecified atom stereocenters. The molecule has 1 aromatic rings. The standard InChI is InChI=1S/C16H30N2O4SSi/c1-10(22-24(7,8)15(2,3)4)16(5,20)12(17)13-18-11(9-23-13)14(19)21-6/h9-10,12,20H,17H2,1-8H3/t10-,12-,16-/m1/s1. The number of carbonyl (C=O) groups excluding carboxylic acids is 1. The Morgan fingerprint density at radius 2 is 1.92 bits per heavy atom. The van der Waals surface area contributed by atoms with Crippen molar-refractivity contribution >= 4 is 25.6 Å². The number of methoxy groups -OCH3 is 1. The molecule has 0 fully saturated rings. The number of ether oxygens (including phenoxy) is 1. The highest BCUT2D eigenvalue weighted by molar-refractivity contribution is 7.09. The van der Waals surface area contributed by atoms with E-state index in [1.54, 1.807) is 12.3 Å². The summed E-state index contributed by atoms with van der Waals surface area (Å²) in [7, 11) is -0.752. The van der Waals surface area contributed by atoms with Crippen LogP contribution in [0.1, 0.15) is 56.2 Å². The first kappa shape index (κ1) is 21.2. The van der Waals surface area contributed by atoms with E-state index in [1.165, 1.54) is 18.4 Å². The van der Waals surface area contributed by atoms with Gasteiger partial charge in [0.25, 0.3) is 0 Å². The van der Waals surface area contributed by atoms with Gasteiger partial charge in [-0.2, -0.15) is 0 Å². The number of hydrogen-bond donors (Lipinski definition) is 2. The molecule has 3 N–H and O–H groups in total. The highest BCUT2D eigenvalue weighted by Crippen LogP contribution is 2.40. The van der Waals surface area contributed by atoms with E-state index in [1.807, 2.05) is 6.92 Å².